The van der Waals surface area contributed by atoms with Gasteiger partial charge in [-0.3, -0.25) is 4.79 Å². The fourth-order valence-corrected chi connectivity index (χ4v) is 3.90. The van der Waals surface area contributed by atoms with E-state index in [1.54, 1.807) is 6.07 Å². The number of fused-ring (bicyclic) bond motifs is 1. The summed E-state index contributed by atoms with van der Waals surface area (Å²) in [6.45, 7) is 0. The number of alkyl halides is 3. The molecule has 0 aliphatic rings. The molecule has 0 amide bonds. The van der Waals surface area contributed by atoms with Crippen LogP contribution in [0, 0.1) is 0 Å². The Morgan fingerprint density at radius 1 is 1.00 bits per heavy atom. The van der Waals surface area contributed by atoms with Gasteiger partial charge in [0.05, 0.1) is 10.4 Å². The van der Waals surface area contributed by atoms with Crippen LogP contribution in [0.15, 0.2) is 41.8 Å². The highest BCUT2D eigenvalue weighted by molar-refractivity contribution is 7.28. The van der Waals surface area contributed by atoms with Gasteiger partial charge < -0.3 is 0 Å². The smallest absolute Gasteiger partial charge is 0.288 e. The Hall–Kier alpha value is -1.66. The highest BCUT2D eigenvalue weighted by Gasteiger charge is 2.30. The molecule has 3 rings (SSSR count). The normalized spacial score (nSPS) is 11.9. The molecule has 20 heavy (non-hydrogen) atoms. The lowest BCUT2D eigenvalue weighted by Crippen LogP contribution is -2.06. The fraction of sp³-hybridized carbons (Fsp3) is 0.0714. The van der Waals surface area contributed by atoms with Crippen LogP contribution in [0.3, 0.4) is 0 Å². The Morgan fingerprint density at radius 3 is 2.30 bits per heavy atom. The van der Waals surface area contributed by atoms with E-state index in [-0.39, 0.29) is 11.3 Å². The van der Waals surface area contributed by atoms with Gasteiger partial charge in [-0.15, -0.1) is 22.7 Å². The maximum Gasteiger partial charge on any atom is 0.416 e. The molecular formula is C14H7F3OS2. The maximum atomic E-state index is 12.5. The molecule has 0 aliphatic carbocycles. The van der Waals surface area contributed by atoms with Crippen LogP contribution in [0.25, 0.3) is 9.40 Å². The van der Waals surface area contributed by atoms with Crippen molar-refractivity contribution in [3.8, 4) is 0 Å². The summed E-state index contributed by atoms with van der Waals surface area (Å²) in [5.74, 6) is -0.243. The first-order valence-electron chi connectivity index (χ1n) is 5.64. The van der Waals surface area contributed by atoms with Crippen molar-refractivity contribution in [2.75, 3.05) is 0 Å². The van der Waals surface area contributed by atoms with Gasteiger partial charge >= 0.3 is 6.18 Å². The SMILES string of the molecule is O=C(c1ccc(C(F)(F)F)cc1)c1cc2sccc2s1. The average Bonchev–Trinajstić information content (AvgIpc) is 2.97. The molecule has 0 saturated heterocycles. The topological polar surface area (TPSA) is 17.1 Å². The minimum absolute atomic E-state index is 0.243. The largest absolute Gasteiger partial charge is 0.416 e. The third-order valence-electron chi connectivity index (χ3n) is 2.84. The Morgan fingerprint density at radius 2 is 1.70 bits per heavy atom. The molecule has 0 unspecified atom stereocenters. The Labute approximate surface area is 120 Å². The number of thiophene rings is 2. The van der Waals surface area contributed by atoms with Crippen LogP contribution in [0.2, 0.25) is 0 Å². The highest BCUT2D eigenvalue weighted by Crippen LogP contribution is 2.32. The number of hydrogen-bond donors (Lipinski definition) is 0. The Balaban J connectivity index is 1.92. The molecule has 0 aliphatic heterocycles. The number of ketones is 1. The lowest BCUT2D eigenvalue weighted by atomic mass is 10.1. The van der Waals surface area contributed by atoms with E-state index in [4.69, 9.17) is 0 Å². The fourth-order valence-electron chi connectivity index (χ4n) is 1.83. The average molecular weight is 312 g/mol. The van der Waals surface area contributed by atoms with Gasteiger partial charge in [-0.2, -0.15) is 13.2 Å². The zero-order valence-corrected chi connectivity index (χ0v) is 11.5. The van der Waals surface area contributed by atoms with Crippen molar-refractivity contribution in [3.05, 3.63) is 57.8 Å². The number of halogens is 3. The zero-order chi connectivity index (χ0) is 14.3. The lowest BCUT2D eigenvalue weighted by molar-refractivity contribution is -0.137. The van der Waals surface area contributed by atoms with Crippen LogP contribution in [0.1, 0.15) is 20.8 Å². The summed E-state index contributed by atoms with van der Waals surface area (Å²) in [6, 6.07) is 8.02. The van der Waals surface area contributed by atoms with Crippen LogP contribution >= 0.6 is 22.7 Å². The molecule has 102 valence electrons. The molecule has 6 heteroatoms. The van der Waals surface area contributed by atoms with Gasteiger partial charge in [0.15, 0.2) is 0 Å². The van der Waals surface area contributed by atoms with Gasteiger partial charge in [0, 0.05) is 15.0 Å². The molecule has 0 radical (unpaired) electrons. The standard InChI is InChI=1S/C14H7F3OS2/c15-14(16,17)9-3-1-8(2-4-9)13(18)12-7-11-10(20-12)5-6-19-11/h1-7H. The van der Waals surface area contributed by atoms with Crippen molar-refractivity contribution in [3.63, 3.8) is 0 Å². The Bertz CT molecular complexity index is 737. The second-order valence-corrected chi connectivity index (χ2v) is 6.20. The number of benzene rings is 1. The quantitative estimate of drug-likeness (QED) is 0.593. The second kappa shape index (κ2) is 4.71. The van der Waals surface area contributed by atoms with Crippen LogP contribution in [0.5, 0.6) is 0 Å². The van der Waals surface area contributed by atoms with Crippen molar-refractivity contribution in [2.45, 2.75) is 6.18 Å². The summed E-state index contributed by atoms with van der Waals surface area (Å²) in [7, 11) is 0. The van der Waals surface area contributed by atoms with Crippen molar-refractivity contribution in [1.82, 2.24) is 0 Å². The van der Waals surface area contributed by atoms with Gasteiger partial charge in [0.2, 0.25) is 5.78 Å². The van der Waals surface area contributed by atoms with E-state index in [0.717, 1.165) is 21.5 Å². The molecule has 2 aromatic heterocycles. The van der Waals surface area contributed by atoms with Gasteiger partial charge in [-0.25, -0.2) is 0 Å². The van der Waals surface area contributed by atoms with Gasteiger partial charge in [-0.1, -0.05) is 12.1 Å². The van der Waals surface area contributed by atoms with Gasteiger partial charge in [0.25, 0.3) is 0 Å². The van der Waals surface area contributed by atoms with E-state index in [0.29, 0.717) is 4.88 Å². The number of hydrogen-bond acceptors (Lipinski definition) is 3. The summed E-state index contributed by atoms with van der Waals surface area (Å²) < 4.78 is 39.4. The van der Waals surface area contributed by atoms with Crippen LogP contribution < -0.4 is 0 Å². The van der Waals surface area contributed by atoms with Crippen LogP contribution in [-0.4, -0.2) is 5.78 Å². The summed E-state index contributed by atoms with van der Waals surface area (Å²) in [5, 5.41) is 1.94. The van der Waals surface area contributed by atoms with Crippen molar-refractivity contribution < 1.29 is 18.0 Å². The summed E-state index contributed by atoms with van der Waals surface area (Å²) in [6.07, 6.45) is -4.38. The van der Waals surface area contributed by atoms with Crippen molar-refractivity contribution >= 4 is 37.9 Å². The molecule has 0 atom stereocenters. The molecular weight excluding hydrogens is 305 g/mol. The van der Waals surface area contributed by atoms with E-state index >= 15 is 0 Å². The van der Waals surface area contributed by atoms with E-state index in [9.17, 15) is 18.0 Å². The highest BCUT2D eigenvalue weighted by atomic mass is 32.1. The predicted octanol–water partition coefficient (Wildman–Crippen LogP) is 5.21. The number of carbonyl (C=O) groups excluding carboxylic acids is 1. The zero-order valence-electron chi connectivity index (χ0n) is 9.90. The molecule has 0 fully saturated rings. The monoisotopic (exact) mass is 312 g/mol. The first kappa shape index (κ1) is 13.3. The Kier molecular flexibility index (Phi) is 3.14. The molecule has 0 bridgehead atoms. The molecule has 3 aromatic rings. The molecule has 1 aromatic carbocycles. The van der Waals surface area contributed by atoms with E-state index < -0.39 is 11.7 Å². The van der Waals surface area contributed by atoms with Crippen LogP contribution in [-0.2, 0) is 6.18 Å². The van der Waals surface area contributed by atoms with Crippen molar-refractivity contribution in [2.24, 2.45) is 0 Å². The van der Waals surface area contributed by atoms with E-state index in [1.807, 2.05) is 11.4 Å². The predicted molar refractivity (Wildman–Crippen MR) is 74.6 cm³/mol. The minimum atomic E-state index is -4.38. The summed E-state index contributed by atoms with van der Waals surface area (Å²) in [4.78, 5) is 12.8. The van der Waals surface area contributed by atoms with Crippen LogP contribution in [0.4, 0.5) is 13.2 Å². The molecule has 2 heterocycles. The third kappa shape index (κ3) is 2.36. The first-order valence-corrected chi connectivity index (χ1v) is 7.34. The third-order valence-corrected chi connectivity index (χ3v) is 4.93. The van der Waals surface area contributed by atoms with Gasteiger partial charge in [0.1, 0.15) is 0 Å². The van der Waals surface area contributed by atoms with E-state index in [2.05, 4.69) is 0 Å². The van der Waals surface area contributed by atoms with Crippen molar-refractivity contribution in [1.29, 1.82) is 0 Å². The molecule has 0 spiro atoms. The summed E-state index contributed by atoms with van der Waals surface area (Å²) >= 11 is 2.89. The molecule has 0 N–H and O–H groups in total. The minimum Gasteiger partial charge on any atom is -0.288 e. The maximum absolute atomic E-state index is 12.5. The number of rotatable bonds is 2. The molecule has 0 saturated carbocycles. The number of carbonyl (C=O) groups is 1. The second-order valence-electron chi connectivity index (χ2n) is 4.16. The first-order chi connectivity index (χ1) is 9.45. The lowest BCUT2D eigenvalue weighted by Gasteiger charge is -2.06. The summed E-state index contributed by atoms with van der Waals surface area (Å²) in [5.41, 5.74) is -0.479. The van der Waals surface area contributed by atoms with Gasteiger partial charge in [-0.05, 0) is 29.6 Å². The molecule has 1 nitrogen and oxygen atoms in total. The van der Waals surface area contributed by atoms with E-state index in [1.165, 1.54) is 34.8 Å².